The van der Waals surface area contributed by atoms with E-state index in [9.17, 15) is 20.0 Å². The highest BCUT2D eigenvalue weighted by Crippen LogP contribution is 2.68. The van der Waals surface area contributed by atoms with Gasteiger partial charge in [0.15, 0.2) is 0 Å². The van der Waals surface area contributed by atoms with Crippen molar-refractivity contribution in [1.29, 1.82) is 0 Å². The molecule has 1 heterocycles. The molecule has 0 aromatic heterocycles. The minimum absolute atomic E-state index is 0.0481. The number of halogens is 3. The van der Waals surface area contributed by atoms with Crippen LogP contribution in [0.15, 0.2) is 54.6 Å². The second-order valence-electron chi connectivity index (χ2n) is 9.10. The number of nitro groups is 1. The molecule has 186 valence electrons. The molecule has 3 aromatic carbocycles. The predicted molar refractivity (Wildman–Crippen MR) is 137 cm³/mol. The lowest BCUT2D eigenvalue weighted by molar-refractivity contribution is -0.384. The Hall–Kier alpha value is -2.84. The van der Waals surface area contributed by atoms with Crippen LogP contribution in [-0.2, 0) is 12.1 Å². The molecule has 7 nitrogen and oxygen atoms in total. The highest BCUT2D eigenvalue weighted by Gasteiger charge is 2.69. The summed E-state index contributed by atoms with van der Waals surface area (Å²) in [6.45, 7) is -0.0726. The van der Waals surface area contributed by atoms with Gasteiger partial charge in [0.05, 0.1) is 29.2 Å². The van der Waals surface area contributed by atoms with Crippen molar-refractivity contribution in [3.63, 3.8) is 0 Å². The van der Waals surface area contributed by atoms with E-state index in [1.54, 1.807) is 29.2 Å². The number of carbonyl (C=O) groups excluding carboxylic acids is 1. The second-order valence-corrected chi connectivity index (χ2v) is 10.3. The van der Waals surface area contributed by atoms with E-state index in [1.807, 2.05) is 12.1 Å². The molecule has 1 aliphatic carbocycles. The lowest BCUT2D eigenvalue weighted by Crippen LogP contribution is -2.52. The summed E-state index contributed by atoms with van der Waals surface area (Å²) >= 11 is 19.2. The van der Waals surface area contributed by atoms with Gasteiger partial charge < -0.3 is 14.7 Å². The molecule has 2 aliphatic rings. The SMILES string of the molecule is COc1c(Cl)c(Cl)cc2c1C(c1ccc(Cl)cc1)(C1(CO)CC1)N(Cc1ccc([N+](=O)[O-])cc1)C2=O. The van der Waals surface area contributed by atoms with E-state index in [1.165, 1.54) is 25.3 Å². The van der Waals surface area contributed by atoms with Gasteiger partial charge in [0.2, 0.25) is 0 Å². The van der Waals surface area contributed by atoms with E-state index >= 15 is 0 Å². The van der Waals surface area contributed by atoms with Crippen LogP contribution < -0.4 is 4.74 Å². The standard InChI is InChI=1S/C26H21Cl3N2O5/c1-36-23-21-19(12-20(28)22(23)29)24(33)30(13-15-2-8-18(9-3-15)31(34)35)26(21,25(14-32)10-11-25)16-4-6-17(27)7-5-16/h2-9,12,32H,10-11,13-14H2,1H3. The van der Waals surface area contributed by atoms with Gasteiger partial charge in [-0.15, -0.1) is 0 Å². The Bertz CT molecular complexity index is 1370. The van der Waals surface area contributed by atoms with Crippen molar-refractivity contribution in [2.45, 2.75) is 24.9 Å². The fraction of sp³-hybridized carbons (Fsp3) is 0.269. The van der Waals surface area contributed by atoms with Gasteiger partial charge in [0.25, 0.3) is 11.6 Å². The minimum atomic E-state index is -1.15. The fourth-order valence-electron chi connectivity index (χ4n) is 5.49. The van der Waals surface area contributed by atoms with Crippen molar-refractivity contribution in [3.8, 4) is 5.75 Å². The largest absolute Gasteiger partial charge is 0.495 e. The second kappa shape index (κ2) is 8.92. The van der Waals surface area contributed by atoms with Crippen LogP contribution >= 0.6 is 34.8 Å². The molecule has 1 unspecified atom stereocenters. The molecule has 0 bridgehead atoms. The van der Waals surface area contributed by atoms with Gasteiger partial charge in [-0.3, -0.25) is 14.9 Å². The number of hydrogen-bond donors (Lipinski definition) is 1. The molecule has 1 fully saturated rings. The van der Waals surface area contributed by atoms with Crippen LogP contribution in [0.25, 0.3) is 0 Å². The van der Waals surface area contributed by atoms with Crippen LogP contribution in [-0.4, -0.2) is 34.6 Å². The number of nitrogens with zero attached hydrogens (tertiary/aromatic N) is 2. The van der Waals surface area contributed by atoms with Crippen LogP contribution in [0.2, 0.25) is 15.1 Å². The summed E-state index contributed by atoms with van der Waals surface area (Å²) in [5.74, 6) is -0.0386. The van der Waals surface area contributed by atoms with Crippen molar-refractivity contribution < 1.29 is 19.6 Å². The fourth-order valence-corrected chi connectivity index (χ4v) is 6.03. The van der Waals surface area contributed by atoms with Crippen LogP contribution in [0.5, 0.6) is 5.75 Å². The molecule has 0 spiro atoms. The van der Waals surface area contributed by atoms with Gasteiger partial charge in [0.1, 0.15) is 16.3 Å². The molecule has 0 saturated heterocycles. The Labute approximate surface area is 222 Å². The first-order valence-electron chi connectivity index (χ1n) is 11.2. The van der Waals surface area contributed by atoms with Gasteiger partial charge in [-0.05, 0) is 42.2 Å². The van der Waals surface area contributed by atoms with Crippen molar-refractivity contribution >= 4 is 46.4 Å². The number of carbonyl (C=O) groups is 1. The summed E-state index contributed by atoms with van der Waals surface area (Å²) in [4.78, 5) is 26.5. The summed E-state index contributed by atoms with van der Waals surface area (Å²) in [6.07, 6.45) is 1.30. The third-order valence-electron chi connectivity index (χ3n) is 7.30. The molecule has 1 aliphatic heterocycles. The van der Waals surface area contributed by atoms with Crippen LogP contribution in [0, 0.1) is 15.5 Å². The zero-order valence-electron chi connectivity index (χ0n) is 19.1. The van der Waals surface area contributed by atoms with Gasteiger partial charge >= 0.3 is 0 Å². The van der Waals surface area contributed by atoms with E-state index in [4.69, 9.17) is 39.5 Å². The Morgan fingerprint density at radius 2 is 1.72 bits per heavy atom. The molecule has 5 rings (SSSR count). The van der Waals surface area contributed by atoms with E-state index in [0.717, 1.165) is 5.56 Å². The highest BCUT2D eigenvalue weighted by molar-refractivity contribution is 6.43. The molecule has 1 N–H and O–H groups in total. The monoisotopic (exact) mass is 546 g/mol. The summed E-state index contributed by atoms with van der Waals surface area (Å²) in [5, 5.41) is 22.8. The predicted octanol–water partition coefficient (Wildman–Crippen LogP) is 6.24. The average Bonchev–Trinajstić information content (AvgIpc) is 3.64. The smallest absolute Gasteiger partial charge is 0.269 e. The van der Waals surface area contributed by atoms with E-state index < -0.39 is 15.9 Å². The maximum atomic E-state index is 14.1. The number of aliphatic hydroxyl groups is 1. The lowest BCUT2D eigenvalue weighted by atomic mass is 9.70. The Morgan fingerprint density at radius 1 is 1.08 bits per heavy atom. The lowest BCUT2D eigenvalue weighted by Gasteiger charge is -2.46. The van der Waals surface area contributed by atoms with Gasteiger partial charge in [-0.25, -0.2) is 0 Å². The third-order valence-corrected chi connectivity index (χ3v) is 8.32. The topological polar surface area (TPSA) is 92.9 Å². The molecular formula is C26H21Cl3N2O5. The number of benzene rings is 3. The van der Waals surface area contributed by atoms with Crippen LogP contribution in [0.4, 0.5) is 5.69 Å². The molecule has 1 saturated carbocycles. The summed E-state index contributed by atoms with van der Waals surface area (Å²) in [7, 11) is 1.46. The summed E-state index contributed by atoms with van der Waals surface area (Å²) < 4.78 is 5.75. The van der Waals surface area contributed by atoms with Gasteiger partial charge in [-0.1, -0.05) is 59.1 Å². The zero-order valence-corrected chi connectivity index (χ0v) is 21.4. The number of amides is 1. The molecule has 1 atom stereocenters. The van der Waals surface area contributed by atoms with Crippen molar-refractivity contribution in [2.24, 2.45) is 5.41 Å². The van der Waals surface area contributed by atoms with Crippen molar-refractivity contribution in [3.05, 3.63) is 102 Å². The number of rotatable bonds is 7. The van der Waals surface area contributed by atoms with Crippen LogP contribution in [0.3, 0.4) is 0 Å². The highest BCUT2D eigenvalue weighted by atomic mass is 35.5. The Balaban J connectivity index is 1.81. The molecule has 36 heavy (non-hydrogen) atoms. The van der Waals surface area contributed by atoms with Crippen molar-refractivity contribution in [2.75, 3.05) is 13.7 Å². The van der Waals surface area contributed by atoms with E-state index in [0.29, 0.717) is 34.6 Å². The number of non-ortho nitro benzene ring substituents is 1. The zero-order chi connectivity index (χ0) is 25.8. The van der Waals surface area contributed by atoms with Gasteiger partial charge in [-0.2, -0.15) is 0 Å². The molecular weight excluding hydrogens is 527 g/mol. The number of fused-ring (bicyclic) bond motifs is 1. The molecule has 1 amide bonds. The number of aliphatic hydroxyl groups excluding tert-OH is 1. The summed E-state index contributed by atoms with van der Waals surface area (Å²) in [5.41, 5.74) is 0.382. The van der Waals surface area contributed by atoms with Gasteiger partial charge in [0, 0.05) is 34.7 Å². The van der Waals surface area contributed by atoms with E-state index in [2.05, 4.69) is 0 Å². The van der Waals surface area contributed by atoms with Crippen LogP contribution in [0.1, 0.15) is 39.9 Å². The first-order chi connectivity index (χ1) is 17.2. The maximum Gasteiger partial charge on any atom is 0.269 e. The maximum absolute atomic E-state index is 14.1. The number of nitro benzene ring substituents is 1. The summed E-state index contributed by atoms with van der Waals surface area (Å²) in [6, 6.07) is 14.7. The molecule has 3 aromatic rings. The first-order valence-corrected chi connectivity index (χ1v) is 12.3. The number of ether oxygens (including phenoxy) is 1. The van der Waals surface area contributed by atoms with E-state index in [-0.39, 0.29) is 40.5 Å². The Kier molecular flexibility index (Phi) is 6.16. The quantitative estimate of drug-likeness (QED) is 0.279. The minimum Gasteiger partial charge on any atom is -0.495 e. The molecule has 0 radical (unpaired) electrons. The first kappa shape index (κ1) is 24.8. The normalized spacial score (nSPS) is 19.8. The third kappa shape index (κ3) is 3.49. The number of methoxy groups -OCH3 is 1. The Morgan fingerprint density at radius 3 is 2.25 bits per heavy atom. The average molecular weight is 548 g/mol. The molecule has 10 heteroatoms. The van der Waals surface area contributed by atoms with Crippen molar-refractivity contribution in [1.82, 2.24) is 4.90 Å². The number of hydrogen-bond acceptors (Lipinski definition) is 5.